The first-order chi connectivity index (χ1) is 12.5. The Hall–Kier alpha value is -3.08. The first-order valence-electron chi connectivity index (χ1n) is 8.60. The number of nitrogens with one attached hydrogen (secondary N) is 2. The summed E-state index contributed by atoms with van der Waals surface area (Å²) in [7, 11) is 1.67. The van der Waals surface area contributed by atoms with Crippen LogP contribution in [0.15, 0.2) is 48.5 Å². The van der Waals surface area contributed by atoms with Crippen LogP contribution in [-0.4, -0.2) is 17.1 Å². The number of hydrogen-bond acceptors (Lipinski definition) is 5. The summed E-state index contributed by atoms with van der Waals surface area (Å²) in [5, 5.41) is 6.69. The van der Waals surface area contributed by atoms with E-state index in [9.17, 15) is 0 Å². The summed E-state index contributed by atoms with van der Waals surface area (Å²) >= 11 is 0. The van der Waals surface area contributed by atoms with Crippen molar-refractivity contribution in [2.75, 3.05) is 17.7 Å². The minimum atomic E-state index is 0.593. The Morgan fingerprint density at radius 3 is 2.42 bits per heavy atom. The highest BCUT2D eigenvalue weighted by Gasteiger charge is 2.05. The molecule has 5 nitrogen and oxygen atoms in total. The maximum atomic E-state index is 5.19. The van der Waals surface area contributed by atoms with E-state index in [4.69, 9.17) is 4.74 Å². The highest BCUT2D eigenvalue weighted by molar-refractivity contribution is 5.60. The van der Waals surface area contributed by atoms with Gasteiger partial charge in [-0.15, -0.1) is 0 Å². The molecule has 0 spiro atoms. The average Bonchev–Trinajstić information content (AvgIpc) is 2.63. The minimum absolute atomic E-state index is 0.593. The molecule has 0 amide bonds. The maximum absolute atomic E-state index is 5.19. The Balaban J connectivity index is 1.73. The molecule has 0 saturated heterocycles. The van der Waals surface area contributed by atoms with Gasteiger partial charge in [0.1, 0.15) is 11.6 Å². The van der Waals surface area contributed by atoms with Gasteiger partial charge in [-0.1, -0.05) is 24.3 Å². The van der Waals surface area contributed by atoms with E-state index in [0.717, 1.165) is 34.1 Å². The topological polar surface area (TPSA) is 59.1 Å². The van der Waals surface area contributed by atoms with Crippen molar-refractivity contribution in [2.24, 2.45) is 0 Å². The lowest BCUT2D eigenvalue weighted by Gasteiger charge is -2.12. The van der Waals surface area contributed by atoms with Crippen molar-refractivity contribution in [1.29, 1.82) is 0 Å². The molecule has 0 aliphatic rings. The molecule has 26 heavy (non-hydrogen) atoms. The maximum Gasteiger partial charge on any atom is 0.229 e. The van der Waals surface area contributed by atoms with Crippen molar-refractivity contribution in [3.8, 4) is 5.75 Å². The van der Waals surface area contributed by atoms with Crippen molar-refractivity contribution in [3.05, 3.63) is 70.9 Å². The fourth-order valence-electron chi connectivity index (χ4n) is 2.64. The van der Waals surface area contributed by atoms with E-state index in [1.807, 2.05) is 37.3 Å². The Kier molecular flexibility index (Phi) is 5.37. The van der Waals surface area contributed by atoms with Crippen molar-refractivity contribution < 1.29 is 4.74 Å². The molecule has 2 N–H and O–H groups in total. The molecule has 0 unspecified atom stereocenters. The van der Waals surface area contributed by atoms with E-state index in [0.29, 0.717) is 12.5 Å². The van der Waals surface area contributed by atoms with Crippen LogP contribution in [0.25, 0.3) is 0 Å². The molecular weight excluding hydrogens is 324 g/mol. The first-order valence-corrected chi connectivity index (χ1v) is 8.60. The zero-order valence-electron chi connectivity index (χ0n) is 15.6. The Labute approximate surface area is 154 Å². The number of ether oxygens (including phenoxy) is 1. The van der Waals surface area contributed by atoms with Crippen LogP contribution in [0.3, 0.4) is 0 Å². The van der Waals surface area contributed by atoms with Crippen molar-refractivity contribution >= 4 is 17.5 Å². The molecule has 0 aliphatic heterocycles. The molecule has 0 aliphatic carbocycles. The van der Waals surface area contributed by atoms with Crippen LogP contribution in [0.4, 0.5) is 17.5 Å². The van der Waals surface area contributed by atoms with Gasteiger partial charge in [0, 0.05) is 24.0 Å². The molecule has 0 bridgehead atoms. The fourth-order valence-corrected chi connectivity index (χ4v) is 2.64. The van der Waals surface area contributed by atoms with E-state index in [1.165, 1.54) is 5.56 Å². The van der Waals surface area contributed by atoms with Crippen LogP contribution in [0.2, 0.25) is 0 Å². The monoisotopic (exact) mass is 348 g/mol. The lowest BCUT2D eigenvalue weighted by atomic mass is 10.1. The first kappa shape index (κ1) is 17.7. The second-order valence-electron chi connectivity index (χ2n) is 6.36. The highest BCUT2D eigenvalue weighted by Crippen LogP contribution is 2.21. The lowest BCUT2D eigenvalue weighted by Crippen LogP contribution is -2.06. The largest absolute Gasteiger partial charge is 0.497 e. The normalized spacial score (nSPS) is 10.5. The molecule has 3 rings (SSSR count). The number of hydrogen-bond donors (Lipinski definition) is 2. The third-order valence-corrected chi connectivity index (χ3v) is 4.13. The van der Waals surface area contributed by atoms with Gasteiger partial charge in [-0.2, -0.15) is 4.98 Å². The summed E-state index contributed by atoms with van der Waals surface area (Å²) in [4.78, 5) is 9.09. The van der Waals surface area contributed by atoms with Crippen LogP contribution in [0, 0.1) is 20.8 Å². The second kappa shape index (κ2) is 7.87. The number of benzene rings is 2. The SMILES string of the molecule is COc1ccc(CNc2cc(C)nc(Nc3cc(C)ccc3C)n2)cc1. The van der Waals surface area contributed by atoms with Crippen LogP contribution < -0.4 is 15.4 Å². The van der Waals surface area contributed by atoms with Crippen LogP contribution >= 0.6 is 0 Å². The molecule has 0 radical (unpaired) electrons. The number of aromatic nitrogens is 2. The average molecular weight is 348 g/mol. The summed E-state index contributed by atoms with van der Waals surface area (Å²) < 4.78 is 5.19. The Bertz CT molecular complexity index is 891. The van der Waals surface area contributed by atoms with Crippen molar-refractivity contribution in [2.45, 2.75) is 27.3 Å². The van der Waals surface area contributed by atoms with Crippen LogP contribution in [0.1, 0.15) is 22.4 Å². The molecule has 5 heteroatoms. The van der Waals surface area contributed by atoms with Gasteiger partial charge in [0.05, 0.1) is 7.11 Å². The van der Waals surface area contributed by atoms with E-state index < -0.39 is 0 Å². The van der Waals surface area contributed by atoms with Gasteiger partial charge in [0.15, 0.2) is 0 Å². The third-order valence-electron chi connectivity index (χ3n) is 4.13. The van der Waals surface area contributed by atoms with Crippen molar-refractivity contribution in [1.82, 2.24) is 9.97 Å². The van der Waals surface area contributed by atoms with Gasteiger partial charge in [-0.3, -0.25) is 0 Å². The van der Waals surface area contributed by atoms with Gasteiger partial charge in [0.25, 0.3) is 0 Å². The quantitative estimate of drug-likeness (QED) is 0.672. The molecule has 134 valence electrons. The van der Waals surface area contributed by atoms with E-state index in [1.54, 1.807) is 7.11 Å². The molecular formula is C21H24N4O. The third kappa shape index (κ3) is 4.51. The Morgan fingerprint density at radius 2 is 1.69 bits per heavy atom. The van der Waals surface area contributed by atoms with E-state index >= 15 is 0 Å². The summed E-state index contributed by atoms with van der Waals surface area (Å²) in [5.74, 6) is 2.24. The van der Waals surface area contributed by atoms with Crippen LogP contribution in [-0.2, 0) is 6.54 Å². The van der Waals surface area contributed by atoms with Crippen LogP contribution in [0.5, 0.6) is 5.75 Å². The van der Waals surface area contributed by atoms with Gasteiger partial charge >= 0.3 is 0 Å². The minimum Gasteiger partial charge on any atom is -0.497 e. The van der Waals surface area contributed by atoms with Gasteiger partial charge in [0.2, 0.25) is 5.95 Å². The molecule has 0 saturated carbocycles. The molecule has 1 aromatic heterocycles. The molecule has 0 atom stereocenters. The standard InChI is InChI=1S/C21H24N4O/c1-14-5-6-15(2)19(11-14)24-21-23-16(3)12-20(25-21)22-13-17-7-9-18(26-4)10-8-17/h5-12H,13H2,1-4H3,(H2,22,23,24,25). The number of nitrogens with zero attached hydrogens (tertiary/aromatic N) is 2. The Morgan fingerprint density at radius 1 is 0.923 bits per heavy atom. The lowest BCUT2D eigenvalue weighted by molar-refractivity contribution is 0.414. The highest BCUT2D eigenvalue weighted by atomic mass is 16.5. The predicted molar refractivity (Wildman–Crippen MR) is 106 cm³/mol. The summed E-state index contributed by atoms with van der Waals surface area (Å²) in [5.41, 5.74) is 5.45. The molecule has 0 fully saturated rings. The van der Waals surface area contributed by atoms with Gasteiger partial charge in [-0.25, -0.2) is 4.98 Å². The number of anilines is 3. The summed E-state index contributed by atoms with van der Waals surface area (Å²) in [6, 6.07) is 16.2. The molecule has 3 aromatic rings. The predicted octanol–water partition coefficient (Wildman–Crippen LogP) is 4.77. The number of methoxy groups -OCH3 is 1. The number of rotatable bonds is 6. The molecule has 1 heterocycles. The van der Waals surface area contributed by atoms with Gasteiger partial charge < -0.3 is 15.4 Å². The van der Waals surface area contributed by atoms with Crippen molar-refractivity contribution in [3.63, 3.8) is 0 Å². The summed E-state index contributed by atoms with van der Waals surface area (Å²) in [6.45, 7) is 6.79. The zero-order valence-corrected chi connectivity index (χ0v) is 15.6. The second-order valence-corrected chi connectivity index (χ2v) is 6.36. The fraction of sp³-hybridized carbons (Fsp3) is 0.238. The summed E-state index contributed by atoms with van der Waals surface area (Å²) in [6.07, 6.45) is 0. The van der Waals surface area contributed by atoms with E-state index in [-0.39, 0.29) is 0 Å². The van der Waals surface area contributed by atoms with E-state index in [2.05, 4.69) is 52.6 Å². The number of aryl methyl sites for hydroxylation is 3. The smallest absolute Gasteiger partial charge is 0.229 e. The van der Waals surface area contributed by atoms with Gasteiger partial charge in [-0.05, 0) is 55.7 Å². The molecule has 2 aromatic carbocycles. The zero-order chi connectivity index (χ0) is 18.5.